The number of carbonyl (C=O) groups excluding carboxylic acids is 1. The number of halogens is 2. The number of nitrogens with zero attached hydrogens (tertiary/aromatic N) is 1. The zero-order valence-electron chi connectivity index (χ0n) is 14.6. The van der Waals surface area contributed by atoms with Crippen molar-refractivity contribution in [2.45, 2.75) is 32.8 Å². The molecule has 0 bridgehead atoms. The van der Waals surface area contributed by atoms with Crippen LogP contribution in [0.3, 0.4) is 0 Å². The molecule has 0 aromatic rings. The SMILES string of the molecule is C=C(/C=C\C(=O)/C(C=NC/C=C\C)=C(/C)CNC)C(C)(O)C(F)F. The average Bonchev–Trinajstić information content (AvgIpc) is 2.52. The van der Waals surface area contributed by atoms with Crippen molar-refractivity contribution in [1.82, 2.24) is 5.32 Å². The van der Waals surface area contributed by atoms with Crippen LogP contribution in [0.25, 0.3) is 0 Å². The average molecular weight is 340 g/mol. The first-order valence-corrected chi connectivity index (χ1v) is 7.56. The monoisotopic (exact) mass is 340 g/mol. The Hall–Kier alpha value is -1.92. The van der Waals surface area contributed by atoms with Crippen molar-refractivity contribution in [3.05, 3.63) is 47.6 Å². The van der Waals surface area contributed by atoms with Gasteiger partial charge in [-0.05, 0) is 45.0 Å². The van der Waals surface area contributed by atoms with Gasteiger partial charge < -0.3 is 10.4 Å². The lowest BCUT2D eigenvalue weighted by Gasteiger charge is -2.22. The van der Waals surface area contributed by atoms with E-state index in [1.54, 1.807) is 14.0 Å². The topological polar surface area (TPSA) is 61.7 Å². The number of aliphatic hydroxyl groups is 1. The normalized spacial score (nSPS) is 16.2. The number of likely N-dealkylation sites (N-methyl/N-ethyl adjacent to an activating group) is 1. The Labute approximate surface area is 142 Å². The van der Waals surface area contributed by atoms with Gasteiger partial charge in [-0.1, -0.05) is 24.8 Å². The van der Waals surface area contributed by atoms with Crippen molar-refractivity contribution in [2.24, 2.45) is 4.99 Å². The molecule has 0 saturated carbocycles. The summed E-state index contributed by atoms with van der Waals surface area (Å²) in [6.45, 7) is 8.94. The van der Waals surface area contributed by atoms with Crippen LogP contribution in [0.1, 0.15) is 20.8 Å². The van der Waals surface area contributed by atoms with E-state index < -0.39 is 17.8 Å². The van der Waals surface area contributed by atoms with Gasteiger partial charge in [0.25, 0.3) is 6.43 Å². The highest BCUT2D eigenvalue weighted by molar-refractivity contribution is 6.19. The highest BCUT2D eigenvalue weighted by atomic mass is 19.3. The van der Waals surface area contributed by atoms with Gasteiger partial charge in [-0.15, -0.1) is 0 Å². The molecular weight excluding hydrogens is 314 g/mol. The Bertz CT molecular complexity index is 559. The van der Waals surface area contributed by atoms with Crippen molar-refractivity contribution in [2.75, 3.05) is 20.1 Å². The third-order valence-corrected chi connectivity index (χ3v) is 3.35. The third kappa shape index (κ3) is 7.10. The van der Waals surface area contributed by atoms with E-state index in [9.17, 15) is 18.7 Å². The Morgan fingerprint density at radius 1 is 1.42 bits per heavy atom. The second kappa shape index (κ2) is 10.8. The van der Waals surface area contributed by atoms with Crippen LogP contribution in [0.4, 0.5) is 8.78 Å². The summed E-state index contributed by atoms with van der Waals surface area (Å²) in [7, 11) is 1.75. The Morgan fingerprint density at radius 3 is 2.54 bits per heavy atom. The van der Waals surface area contributed by atoms with Gasteiger partial charge in [-0.3, -0.25) is 9.79 Å². The molecule has 0 aliphatic rings. The number of allylic oxidation sites excluding steroid dienone is 3. The first kappa shape index (κ1) is 22.1. The standard InChI is InChI=1S/C18H26F2N2O2/c1-6-7-10-22-12-15(13(2)11-21-5)16(23)9-8-14(3)18(4,24)17(19)20/h6-9,12,17,21,24H,3,10-11H2,1-2,4-5H3/b7-6-,9-8-,15-13-,22-12?. The minimum absolute atomic E-state index is 0.234. The van der Waals surface area contributed by atoms with Gasteiger partial charge in [0.05, 0.1) is 6.54 Å². The highest BCUT2D eigenvalue weighted by Gasteiger charge is 2.34. The fraction of sp³-hybridized carbons (Fsp3) is 0.444. The van der Waals surface area contributed by atoms with E-state index in [1.807, 2.05) is 19.1 Å². The zero-order chi connectivity index (χ0) is 18.8. The second-order valence-corrected chi connectivity index (χ2v) is 5.46. The Morgan fingerprint density at radius 2 is 2.04 bits per heavy atom. The van der Waals surface area contributed by atoms with Gasteiger partial charge >= 0.3 is 0 Å². The summed E-state index contributed by atoms with van der Waals surface area (Å²) in [5.74, 6) is -0.391. The number of rotatable bonds is 10. The Kier molecular flexibility index (Phi) is 9.92. The quantitative estimate of drug-likeness (QED) is 0.278. The lowest BCUT2D eigenvalue weighted by Crippen LogP contribution is -2.34. The minimum atomic E-state index is -2.99. The van der Waals surface area contributed by atoms with E-state index in [2.05, 4.69) is 16.9 Å². The number of hydrogen-bond donors (Lipinski definition) is 2. The van der Waals surface area contributed by atoms with Gasteiger partial charge in [-0.25, -0.2) is 8.78 Å². The van der Waals surface area contributed by atoms with Gasteiger partial charge in [0.15, 0.2) is 5.78 Å². The molecule has 1 unspecified atom stereocenters. The molecule has 0 fully saturated rings. The van der Waals surface area contributed by atoms with E-state index in [0.717, 1.165) is 24.6 Å². The molecule has 0 aromatic carbocycles. The van der Waals surface area contributed by atoms with E-state index in [4.69, 9.17) is 0 Å². The third-order valence-electron chi connectivity index (χ3n) is 3.35. The number of alkyl halides is 2. The molecule has 24 heavy (non-hydrogen) atoms. The minimum Gasteiger partial charge on any atom is -0.379 e. The first-order chi connectivity index (χ1) is 11.2. The maximum Gasteiger partial charge on any atom is 0.270 e. The van der Waals surface area contributed by atoms with Crippen LogP contribution >= 0.6 is 0 Å². The molecule has 134 valence electrons. The summed E-state index contributed by atoms with van der Waals surface area (Å²) < 4.78 is 25.5. The second-order valence-electron chi connectivity index (χ2n) is 5.46. The molecular formula is C18H26F2N2O2. The zero-order valence-corrected chi connectivity index (χ0v) is 14.6. The van der Waals surface area contributed by atoms with Crippen LogP contribution in [0.15, 0.2) is 52.6 Å². The van der Waals surface area contributed by atoms with E-state index >= 15 is 0 Å². The Balaban J connectivity index is 5.34. The molecule has 0 aliphatic carbocycles. The van der Waals surface area contributed by atoms with Crippen LogP contribution in [-0.2, 0) is 4.79 Å². The summed E-state index contributed by atoms with van der Waals surface area (Å²) in [6.07, 6.45) is 4.39. The molecule has 0 saturated heterocycles. The molecule has 0 aromatic heterocycles. The fourth-order valence-electron chi connectivity index (χ4n) is 1.63. The van der Waals surface area contributed by atoms with Crippen molar-refractivity contribution < 1.29 is 18.7 Å². The molecule has 2 N–H and O–H groups in total. The van der Waals surface area contributed by atoms with Crippen LogP contribution in [0, 0.1) is 0 Å². The first-order valence-electron chi connectivity index (χ1n) is 7.56. The molecule has 0 rings (SSSR count). The van der Waals surface area contributed by atoms with E-state index in [0.29, 0.717) is 18.7 Å². The van der Waals surface area contributed by atoms with Crippen LogP contribution in [0.5, 0.6) is 0 Å². The number of ketones is 1. The highest BCUT2D eigenvalue weighted by Crippen LogP contribution is 2.24. The number of carbonyl (C=O) groups is 1. The van der Waals surface area contributed by atoms with Gasteiger partial charge in [0, 0.05) is 18.3 Å². The van der Waals surface area contributed by atoms with E-state index in [-0.39, 0.29) is 5.57 Å². The van der Waals surface area contributed by atoms with Crippen molar-refractivity contribution >= 4 is 12.0 Å². The summed E-state index contributed by atoms with van der Waals surface area (Å²) in [6, 6.07) is 0. The van der Waals surface area contributed by atoms with Crippen molar-refractivity contribution in [1.29, 1.82) is 0 Å². The van der Waals surface area contributed by atoms with Gasteiger partial charge in [-0.2, -0.15) is 0 Å². The molecule has 4 nitrogen and oxygen atoms in total. The molecule has 0 radical (unpaired) electrons. The summed E-state index contributed by atoms with van der Waals surface area (Å²) in [5, 5.41) is 12.6. The summed E-state index contributed by atoms with van der Waals surface area (Å²) >= 11 is 0. The van der Waals surface area contributed by atoms with Crippen LogP contribution in [-0.4, -0.2) is 49.3 Å². The summed E-state index contributed by atoms with van der Waals surface area (Å²) in [5.41, 5.74) is -1.47. The predicted molar refractivity (Wildman–Crippen MR) is 94.7 cm³/mol. The smallest absolute Gasteiger partial charge is 0.270 e. The predicted octanol–water partition coefficient (Wildman–Crippen LogP) is 2.87. The van der Waals surface area contributed by atoms with Crippen LogP contribution < -0.4 is 5.32 Å². The molecule has 0 aliphatic heterocycles. The lowest BCUT2D eigenvalue weighted by atomic mass is 9.96. The maximum atomic E-state index is 12.7. The number of aliphatic imine (C=N–C) groups is 1. The molecule has 6 heteroatoms. The molecule has 0 amide bonds. The number of nitrogens with one attached hydrogen (secondary N) is 1. The van der Waals surface area contributed by atoms with Crippen molar-refractivity contribution in [3.63, 3.8) is 0 Å². The molecule has 0 heterocycles. The van der Waals surface area contributed by atoms with Gasteiger partial charge in [0.1, 0.15) is 5.60 Å². The van der Waals surface area contributed by atoms with Gasteiger partial charge in [0.2, 0.25) is 0 Å². The molecule has 1 atom stereocenters. The molecule has 0 spiro atoms. The largest absolute Gasteiger partial charge is 0.379 e. The van der Waals surface area contributed by atoms with Crippen molar-refractivity contribution in [3.8, 4) is 0 Å². The number of hydrogen-bond acceptors (Lipinski definition) is 4. The maximum absolute atomic E-state index is 12.7. The lowest BCUT2D eigenvalue weighted by molar-refractivity contribution is -0.110. The fourth-order valence-corrected chi connectivity index (χ4v) is 1.63. The van der Waals surface area contributed by atoms with Crippen LogP contribution in [0.2, 0.25) is 0 Å². The summed E-state index contributed by atoms with van der Waals surface area (Å²) in [4.78, 5) is 16.5. The van der Waals surface area contributed by atoms with E-state index in [1.165, 1.54) is 6.21 Å².